The molecule has 25 heavy (non-hydrogen) atoms. The van der Waals surface area contributed by atoms with Crippen LogP contribution in [0.25, 0.3) is 0 Å². The summed E-state index contributed by atoms with van der Waals surface area (Å²) >= 11 is 0. The van der Waals surface area contributed by atoms with Crippen LogP contribution in [-0.2, 0) is 10.3 Å². The Bertz CT molecular complexity index is 584. The van der Waals surface area contributed by atoms with E-state index in [2.05, 4.69) is 53.6 Å². The van der Waals surface area contributed by atoms with E-state index in [1.165, 1.54) is 0 Å². The molecule has 1 atom stereocenters. The molecule has 142 valence electrons. The van der Waals surface area contributed by atoms with Crippen molar-refractivity contribution in [2.24, 2.45) is 5.92 Å². The van der Waals surface area contributed by atoms with Gasteiger partial charge in [0.15, 0.2) is 5.69 Å². The first-order valence-corrected chi connectivity index (χ1v) is 9.61. The SMILES string of the molecule is CC(C)CCOC1CCN(C(=O)c2cc(C(C)C)n(C(C)(C)C)n2)C1. The van der Waals surface area contributed by atoms with E-state index in [1.807, 2.05) is 15.6 Å². The number of ether oxygens (including phenoxy) is 1. The first-order valence-electron chi connectivity index (χ1n) is 9.61. The first kappa shape index (κ1) is 20.0. The normalized spacial score (nSPS) is 18.6. The predicted molar refractivity (Wildman–Crippen MR) is 101 cm³/mol. The number of hydrogen-bond donors (Lipinski definition) is 0. The zero-order valence-corrected chi connectivity index (χ0v) is 17.0. The van der Waals surface area contributed by atoms with Gasteiger partial charge in [0, 0.05) is 25.4 Å². The van der Waals surface area contributed by atoms with Gasteiger partial charge in [0.1, 0.15) is 0 Å². The third-order valence-electron chi connectivity index (χ3n) is 4.66. The van der Waals surface area contributed by atoms with E-state index in [-0.39, 0.29) is 17.6 Å². The quantitative estimate of drug-likeness (QED) is 0.779. The van der Waals surface area contributed by atoms with E-state index < -0.39 is 0 Å². The summed E-state index contributed by atoms with van der Waals surface area (Å²) in [5.74, 6) is 1.01. The van der Waals surface area contributed by atoms with Crippen molar-refractivity contribution in [3.05, 3.63) is 17.5 Å². The van der Waals surface area contributed by atoms with E-state index >= 15 is 0 Å². The highest BCUT2D eigenvalue weighted by atomic mass is 16.5. The summed E-state index contributed by atoms with van der Waals surface area (Å²) in [6.07, 6.45) is 2.15. The van der Waals surface area contributed by atoms with E-state index in [1.54, 1.807) is 0 Å². The van der Waals surface area contributed by atoms with Crippen LogP contribution in [0.3, 0.4) is 0 Å². The summed E-state index contributed by atoms with van der Waals surface area (Å²) in [7, 11) is 0. The van der Waals surface area contributed by atoms with Crippen molar-refractivity contribution < 1.29 is 9.53 Å². The van der Waals surface area contributed by atoms with Crippen LogP contribution in [0, 0.1) is 5.92 Å². The van der Waals surface area contributed by atoms with Gasteiger partial charge >= 0.3 is 0 Å². The lowest BCUT2D eigenvalue weighted by Gasteiger charge is -2.23. The smallest absolute Gasteiger partial charge is 0.274 e. The van der Waals surface area contributed by atoms with Gasteiger partial charge in [0.25, 0.3) is 5.91 Å². The van der Waals surface area contributed by atoms with E-state index in [0.717, 1.165) is 31.7 Å². The third kappa shape index (κ3) is 5.06. The maximum absolute atomic E-state index is 12.9. The third-order valence-corrected chi connectivity index (χ3v) is 4.66. The van der Waals surface area contributed by atoms with Gasteiger partial charge in [-0.2, -0.15) is 5.10 Å². The van der Waals surface area contributed by atoms with Gasteiger partial charge in [-0.3, -0.25) is 9.48 Å². The predicted octanol–water partition coefficient (Wildman–Crippen LogP) is 4.04. The van der Waals surface area contributed by atoms with Crippen LogP contribution in [-0.4, -0.2) is 46.4 Å². The van der Waals surface area contributed by atoms with Crippen LogP contribution >= 0.6 is 0 Å². The molecule has 0 aromatic carbocycles. The highest BCUT2D eigenvalue weighted by molar-refractivity contribution is 5.92. The maximum atomic E-state index is 12.9. The summed E-state index contributed by atoms with van der Waals surface area (Å²) in [5, 5.41) is 4.64. The number of likely N-dealkylation sites (tertiary alicyclic amines) is 1. The van der Waals surface area contributed by atoms with Crippen molar-refractivity contribution in [2.75, 3.05) is 19.7 Å². The van der Waals surface area contributed by atoms with Gasteiger partial charge in [0.05, 0.1) is 11.6 Å². The van der Waals surface area contributed by atoms with Crippen LogP contribution in [0.4, 0.5) is 0 Å². The van der Waals surface area contributed by atoms with Crippen LogP contribution in [0.1, 0.15) is 83.4 Å². The number of carbonyl (C=O) groups excluding carboxylic acids is 1. The van der Waals surface area contributed by atoms with E-state index in [9.17, 15) is 4.79 Å². The Morgan fingerprint density at radius 1 is 1.32 bits per heavy atom. The number of aromatic nitrogens is 2. The largest absolute Gasteiger partial charge is 0.376 e. The molecule has 1 aromatic heterocycles. The Morgan fingerprint density at radius 2 is 2.00 bits per heavy atom. The van der Waals surface area contributed by atoms with Gasteiger partial charge in [-0.15, -0.1) is 0 Å². The van der Waals surface area contributed by atoms with Gasteiger partial charge in [-0.1, -0.05) is 27.7 Å². The monoisotopic (exact) mass is 349 g/mol. The highest BCUT2D eigenvalue weighted by Crippen LogP contribution is 2.25. The summed E-state index contributed by atoms with van der Waals surface area (Å²) < 4.78 is 7.93. The van der Waals surface area contributed by atoms with Gasteiger partial charge < -0.3 is 9.64 Å². The second-order valence-corrected chi connectivity index (χ2v) is 8.91. The Morgan fingerprint density at radius 3 is 2.52 bits per heavy atom. The number of rotatable bonds is 6. The molecule has 2 rings (SSSR count). The first-order chi connectivity index (χ1) is 11.6. The molecule has 1 saturated heterocycles. The average Bonchev–Trinajstić information content (AvgIpc) is 3.12. The minimum Gasteiger partial charge on any atom is -0.376 e. The van der Waals surface area contributed by atoms with Gasteiger partial charge in [-0.05, 0) is 51.5 Å². The molecule has 2 heterocycles. The molecular formula is C20H35N3O2. The molecule has 0 spiro atoms. The average molecular weight is 350 g/mol. The van der Waals surface area contributed by atoms with Crippen LogP contribution in [0.15, 0.2) is 6.07 Å². The zero-order chi connectivity index (χ0) is 18.8. The molecule has 1 aliphatic heterocycles. The fourth-order valence-electron chi connectivity index (χ4n) is 3.13. The highest BCUT2D eigenvalue weighted by Gasteiger charge is 2.30. The van der Waals surface area contributed by atoms with Crippen LogP contribution < -0.4 is 0 Å². The molecule has 1 unspecified atom stereocenters. The minimum absolute atomic E-state index is 0.0276. The summed E-state index contributed by atoms with van der Waals surface area (Å²) in [5.41, 5.74) is 1.53. The molecule has 0 saturated carbocycles. The van der Waals surface area contributed by atoms with Gasteiger partial charge in [0.2, 0.25) is 0 Å². The Kier molecular flexibility index (Phi) is 6.30. The lowest BCUT2D eigenvalue weighted by Crippen LogP contribution is -2.31. The fourth-order valence-corrected chi connectivity index (χ4v) is 3.13. The molecule has 1 fully saturated rings. The standard InChI is InChI=1S/C20H35N3O2/c1-14(2)9-11-25-16-8-10-22(13-16)19(24)17-12-18(15(3)4)23(21-17)20(5,6)7/h12,14-16H,8-11,13H2,1-7H3. The topological polar surface area (TPSA) is 47.4 Å². The zero-order valence-electron chi connectivity index (χ0n) is 17.0. The number of hydrogen-bond acceptors (Lipinski definition) is 3. The van der Waals surface area contributed by atoms with Crippen LogP contribution in [0.2, 0.25) is 0 Å². The molecule has 0 N–H and O–H groups in total. The Balaban J connectivity index is 2.04. The second kappa shape index (κ2) is 7.90. The molecule has 1 aliphatic rings. The number of carbonyl (C=O) groups is 1. The molecule has 1 amide bonds. The Hall–Kier alpha value is -1.36. The second-order valence-electron chi connectivity index (χ2n) is 8.91. The lowest BCUT2D eigenvalue weighted by atomic mass is 10.1. The minimum atomic E-state index is -0.133. The van der Waals surface area contributed by atoms with Crippen molar-refractivity contribution in [3.63, 3.8) is 0 Å². The van der Waals surface area contributed by atoms with Crippen molar-refractivity contribution in [3.8, 4) is 0 Å². The molecule has 1 aromatic rings. The van der Waals surface area contributed by atoms with E-state index in [4.69, 9.17) is 4.74 Å². The van der Waals surface area contributed by atoms with Crippen molar-refractivity contribution >= 4 is 5.91 Å². The molecule has 5 nitrogen and oxygen atoms in total. The molecule has 0 radical (unpaired) electrons. The maximum Gasteiger partial charge on any atom is 0.274 e. The molecule has 0 bridgehead atoms. The molecule has 5 heteroatoms. The van der Waals surface area contributed by atoms with Crippen molar-refractivity contribution in [1.82, 2.24) is 14.7 Å². The number of nitrogens with zero attached hydrogens (tertiary/aromatic N) is 3. The lowest BCUT2D eigenvalue weighted by molar-refractivity contribution is 0.0482. The molecule has 0 aliphatic carbocycles. The fraction of sp³-hybridized carbons (Fsp3) is 0.800. The van der Waals surface area contributed by atoms with E-state index in [0.29, 0.717) is 24.1 Å². The molecular weight excluding hydrogens is 314 g/mol. The van der Waals surface area contributed by atoms with Crippen LogP contribution in [0.5, 0.6) is 0 Å². The summed E-state index contributed by atoms with van der Waals surface area (Å²) in [6, 6.07) is 1.96. The van der Waals surface area contributed by atoms with Crippen molar-refractivity contribution in [1.29, 1.82) is 0 Å². The van der Waals surface area contributed by atoms with Gasteiger partial charge in [-0.25, -0.2) is 0 Å². The summed E-state index contributed by atoms with van der Waals surface area (Å²) in [4.78, 5) is 14.8. The number of amides is 1. The van der Waals surface area contributed by atoms with Crippen molar-refractivity contribution in [2.45, 2.75) is 78.9 Å². The summed E-state index contributed by atoms with van der Waals surface area (Å²) in [6.45, 7) is 17.3. The Labute approximate surface area is 152 Å².